The number of nitrogens with one attached hydrogen (secondary N) is 1. The Labute approximate surface area is 149 Å². The number of halogens is 2. The van der Waals surface area contributed by atoms with E-state index in [1.165, 1.54) is 6.07 Å². The molecule has 0 fully saturated rings. The van der Waals surface area contributed by atoms with Gasteiger partial charge in [-0.25, -0.2) is 0 Å². The van der Waals surface area contributed by atoms with Crippen LogP contribution in [-0.2, 0) is 0 Å². The molecule has 1 amide bonds. The van der Waals surface area contributed by atoms with Gasteiger partial charge >= 0.3 is 0 Å². The van der Waals surface area contributed by atoms with E-state index in [0.29, 0.717) is 15.6 Å². The topological polar surface area (TPSA) is 49.3 Å². The van der Waals surface area contributed by atoms with Crippen LogP contribution in [0.3, 0.4) is 0 Å². The highest BCUT2D eigenvalue weighted by Crippen LogP contribution is 2.25. The quantitative estimate of drug-likeness (QED) is 0.714. The lowest BCUT2D eigenvalue weighted by Gasteiger charge is -2.15. The Balaban J connectivity index is 1.73. The Morgan fingerprint density at radius 3 is 2.54 bits per heavy atom. The van der Waals surface area contributed by atoms with E-state index in [-0.39, 0.29) is 12.5 Å². The van der Waals surface area contributed by atoms with Crippen LogP contribution in [0.5, 0.6) is 0 Å². The molecule has 3 aromatic carbocycles. The van der Waals surface area contributed by atoms with Crippen molar-refractivity contribution in [3.63, 3.8) is 0 Å². The summed E-state index contributed by atoms with van der Waals surface area (Å²) in [5, 5.41) is 15.9. The fourth-order valence-electron chi connectivity index (χ4n) is 2.58. The van der Waals surface area contributed by atoms with Gasteiger partial charge in [0.25, 0.3) is 5.91 Å². The second-order valence-corrected chi connectivity index (χ2v) is 6.24. The second kappa shape index (κ2) is 7.22. The molecule has 1 atom stereocenters. The van der Waals surface area contributed by atoms with Crippen molar-refractivity contribution in [2.75, 3.05) is 6.54 Å². The summed E-state index contributed by atoms with van der Waals surface area (Å²) >= 11 is 11.8. The monoisotopic (exact) mass is 359 g/mol. The molecule has 122 valence electrons. The zero-order valence-electron chi connectivity index (χ0n) is 12.7. The van der Waals surface area contributed by atoms with Crippen LogP contribution in [0.15, 0.2) is 60.7 Å². The van der Waals surface area contributed by atoms with Crippen LogP contribution in [0.25, 0.3) is 10.8 Å². The van der Waals surface area contributed by atoms with E-state index in [9.17, 15) is 9.90 Å². The predicted molar refractivity (Wildman–Crippen MR) is 97.7 cm³/mol. The first-order chi connectivity index (χ1) is 11.6. The first-order valence-corrected chi connectivity index (χ1v) is 8.21. The van der Waals surface area contributed by atoms with Gasteiger partial charge in [0.2, 0.25) is 0 Å². The van der Waals surface area contributed by atoms with Gasteiger partial charge in [0, 0.05) is 12.1 Å². The summed E-state index contributed by atoms with van der Waals surface area (Å²) in [6.45, 7) is 0.104. The highest BCUT2D eigenvalue weighted by Gasteiger charge is 2.14. The molecule has 0 spiro atoms. The Morgan fingerprint density at radius 2 is 1.75 bits per heavy atom. The average molecular weight is 360 g/mol. The number of aliphatic hydroxyl groups is 1. The van der Waals surface area contributed by atoms with E-state index in [1.807, 2.05) is 42.5 Å². The van der Waals surface area contributed by atoms with Crippen molar-refractivity contribution in [1.82, 2.24) is 5.32 Å². The third-order valence-corrected chi connectivity index (χ3v) is 4.56. The fraction of sp³-hybridized carbons (Fsp3) is 0.105. The number of rotatable bonds is 4. The van der Waals surface area contributed by atoms with Crippen LogP contribution in [0.4, 0.5) is 0 Å². The maximum absolute atomic E-state index is 12.2. The number of hydrogen-bond donors (Lipinski definition) is 2. The Kier molecular flexibility index (Phi) is 5.05. The molecule has 5 heteroatoms. The largest absolute Gasteiger partial charge is 0.387 e. The maximum Gasteiger partial charge on any atom is 0.251 e. The highest BCUT2D eigenvalue weighted by atomic mass is 35.5. The van der Waals surface area contributed by atoms with Gasteiger partial charge in [-0.2, -0.15) is 0 Å². The van der Waals surface area contributed by atoms with Gasteiger partial charge in [-0.3, -0.25) is 4.79 Å². The van der Waals surface area contributed by atoms with Crippen LogP contribution >= 0.6 is 23.2 Å². The summed E-state index contributed by atoms with van der Waals surface area (Å²) in [5.41, 5.74) is 1.18. The van der Waals surface area contributed by atoms with E-state index < -0.39 is 6.10 Å². The molecule has 0 saturated carbocycles. The zero-order chi connectivity index (χ0) is 17.1. The fourth-order valence-corrected chi connectivity index (χ4v) is 2.88. The van der Waals surface area contributed by atoms with Gasteiger partial charge < -0.3 is 10.4 Å². The molecular formula is C19H15Cl2NO2. The van der Waals surface area contributed by atoms with Crippen molar-refractivity contribution in [1.29, 1.82) is 0 Å². The highest BCUT2D eigenvalue weighted by molar-refractivity contribution is 6.42. The molecule has 3 rings (SSSR count). The molecule has 0 saturated heterocycles. The maximum atomic E-state index is 12.2. The zero-order valence-corrected chi connectivity index (χ0v) is 14.2. The van der Waals surface area contributed by atoms with Gasteiger partial charge in [-0.1, -0.05) is 65.7 Å². The average Bonchev–Trinajstić information content (AvgIpc) is 2.61. The summed E-state index contributed by atoms with van der Waals surface area (Å²) in [6.07, 6.45) is -0.803. The molecule has 0 aromatic heterocycles. The van der Waals surface area contributed by atoms with Gasteiger partial charge in [0.15, 0.2) is 0 Å². The summed E-state index contributed by atoms with van der Waals surface area (Å²) in [7, 11) is 0. The predicted octanol–water partition coefficient (Wildman–Crippen LogP) is 4.61. The first-order valence-electron chi connectivity index (χ1n) is 7.45. The van der Waals surface area contributed by atoms with Crippen molar-refractivity contribution in [2.24, 2.45) is 0 Å². The van der Waals surface area contributed by atoms with Crippen molar-refractivity contribution in [3.8, 4) is 0 Å². The molecule has 3 nitrogen and oxygen atoms in total. The minimum Gasteiger partial charge on any atom is -0.387 e. The third-order valence-electron chi connectivity index (χ3n) is 3.82. The number of carbonyl (C=O) groups is 1. The normalized spacial score (nSPS) is 12.1. The summed E-state index contributed by atoms with van der Waals surface area (Å²) in [6, 6.07) is 18.2. The van der Waals surface area contributed by atoms with E-state index in [2.05, 4.69) is 5.32 Å². The Bertz CT molecular complexity index is 890. The number of hydrogen-bond acceptors (Lipinski definition) is 2. The van der Waals surface area contributed by atoms with E-state index in [0.717, 1.165) is 16.3 Å². The van der Waals surface area contributed by atoms with Gasteiger partial charge in [0.1, 0.15) is 0 Å². The Morgan fingerprint density at radius 1 is 1.00 bits per heavy atom. The lowest BCUT2D eigenvalue weighted by molar-refractivity contribution is 0.0917. The van der Waals surface area contributed by atoms with E-state index in [1.54, 1.807) is 12.1 Å². The number of benzene rings is 3. The SMILES string of the molecule is O=C(NCC(O)c1cccc2ccccc12)c1ccc(Cl)c(Cl)c1. The molecule has 0 heterocycles. The molecule has 0 bridgehead atoms. The lowest BCUT2D eigenvalue weighted by atomic mass is 10.0. The van der Waals surface area contributed by atoms with Crippen molar-refractivity contribution >= 4 is 39.9 Å². The smallest absolute Gasteiger partial charge is 0.251 e. The summed E-state index contributed by atoms with van der Waals surface area (Å²) in [5.74, 6) is -0.312. The van der Waals surface area contributed by atoms with Gasteiger partial charge in [-0.15, -0.1) is 0 Å². The van der Waals surface area contributed by atoms with Gasteiger partial charge in [0.05, 0.1) is 16.1 Å². The van der Waals surface area contributed by atoms with Crippen LogP contribution in [0.1, 0.15) is 22.0 Å². The minimum absolute atomic E-state index is 0.104. The van der Waals surface area contributed by atoms with Crippen LogP contribution in [0.2, 0.25) is 10.0 Å². The molecule has 1 unspecified atom stereocenters. The van der Waals surface area contributed by atoms with E-state index >= 15 is 0 Å². The molecule has 0 aliphatic carbocycles. The standard InChI is InChI=1S/C19H15Cl2NO2/c20-16-9-8-13(10-17(16)21)19(24)22-11-18(23)15-7-3-5-12-4-1-2-6-14(12)15/h1-10,18,23H,11H2,(H,22,24). The minimum atomic E-state index is -0.803. The lowest BCUT2D eigenvalue weighted by Crippen LogP contribution is -2.28. The van der Waals surface area contributed by atoms with Gasteiger partial charge in [-0.05, 0) is 34.5 Å². The van der Waals surface area contributed by atoms with Crippen LogP contribution < -0.4 is 5.32 Å². The molecule has 0 aliphatic rings. The summed E-state index contributed by atoms with van der Waals surface area (Å²) in [4.78, 5) is 12.2. The number of carbonyl (C=O) groups excluding carboxylic acids is 1. The Hall–Kier alpha value is -2.07. The van der Waals surface area contributed by atoms with Crippen molar-refractivity contribution < 1.29 is 9.90 Å². The van der Waals surface area contributed by atoms with E-state index in [4.69, 9.17) is 23.2 Å². The molecule has 2 N–H and O–H groups in total. The number of fused-ring (bicyclic) bond motifs is 1. The molecule has 24 heavy (non-hydrogen) atoms. The molecular weight excluding hydrogens is 345 g/mol. The van der Waals surface area contributed by atoms with Crippen LogP contribution in [-0.4, -0.2) is 17.6 Å². The number of amides is 1. The van der Waals surface area contributed by atoms with Crippen molar-refractivity contribution in [3.05, 3.63) is 81.8 Å². The number of aliphatic hydroxyl groups excluding tert-OH is 1. The second-order valence-electron chi connectivity index (χ2n) is 5.42. The molecule has 0 radical (unpaired) electrons. The first kappa shape index (κ1) is 16.8. The molecule has 3 aromatic rings. The third kappa shape index (κ3) is 3.54. The summed E-state index contributed by atoms with van der Waals surface area (Å²) < 4.78 is 0. The van der Waals surface area contributed by atoms with Crippen LogP contribution in [0, 0.1) is 0 Å². The molecule has 0 aliphatic heterocycles. The van der Waals surface area contributed by atoms with Crippen molar-refractivity contribution in [2.45, 2.75) is 6.10 Å².